The number of piperazine rings is 1. The van der Waals surface area contributed by atoms with Gasteiger partial charge in [0.2, 0.25) is 12.7 Å². The summed E-state index contributed by atoms with van der Waals surface area (Å²) in [5, 5.41) is 2.91. The summed E-state index contributed by atoms with van der Waals surface area (Å²) in [4.78, 5) is 28.7. The first kappa shape index (κ1) is 17.4. The van der Waals surface area contributed by atoms with Gasteiger partial charge in [0.15, 0.2) is 17.3 Å². The molecule has 0 bridgehead atoms. The molecule has 8 nitrogen and oxygen atoms in total. The van der Waals surface area contributed by atoms with Crippen molar-refractivity contribution in [2.24, 2.45) is 0 Å². The second-order valence-electron chi connectivity index (χ2n) is 6.54. The number of benzene rings is 1. The summed E-state index contributed by atoms with van der Waals surface area (Å²) in [6, 6.07) is 8.38. The lowest BCUT2D eigenvalue weighted by atomic mass is 10.2. The molecule has 142 valence electrons. The molecule has 1 atom stereocenters. The highest BCUT2D eigenvalue weighted by Crippen LogP contribution is 2.34. The van der Waals surface area contributed by atoms with E-state index in [1.807, 2.05) is 6.92 Å². The third-order valence-corrected chi connectivity index (χ3v) is 4.90. The van der Waals surface area contributed by atoms with Crippen LogP contribution in [0.2, 0.25) is 0 Å². The minimum absolute atomic E-state index is 0.0975. The van der Waals surface area contributed by atoms with Gasteiger partial charge in [0.1, 0.15) is 0 Å². The minimum atomic E-state index is -0.309. The number of furan rings is 1. The first-order chi connectivity index (χ1) is 13.1. The molecular formula is C19H21N3O5. The number of anilines is 1. The zero-order valence-corrected chi connectivity index (χ0v) is 15.0. The van der Waals surface area contributed by atoms with Crippen molar-refractivity contribution in [3.05, 3.63) is 42.4 Å². The Labute approximate surface area is 156 Å². The van der Waals surface area contributed by atoms with Crippen LogP contribution in [0, 0.1) is 0 Å². The largest absolute Gasteiger partial charge is 0.459 e. The number of nitrogens with one attached hydrogen (secondary N) is 1. The molecular weight excluding hydrogens is 350 g/mol. The Balaban J connectivity index is 1.31. The van der Waals surface area contributed by atoms with Crippen molar-refractivity contribution in [1.82, 2.24) is 9.80 Å². The van der Waals surface area contributed by atoms with E-state index in [2.05, 4.69) is 10.2 Å². The first-order valence-electron chi connectivity index (χ1n) is 8.89. The number of carbonyl (C=O) groups excluding carboxylic acids is 2. The zero-order chi connectivity index (χ0) is 18.8. The Morgan fingerprint density at radius 2 is 1.85 bits per heavy atom. The molecule has 8 heteroatoms. The summed E-state index contributed by atoms with van der Waals surface area (Å²) in [6.07, 6.45) is 1.49. The van der Waals surface area contributed by atoms with Gasteiger partial charge in [-0.2, -0.15) is 0 Å². The van der Waals surface area contributed by atoms with Crippen molar-refractivity contribution in [3.8, 4) is 11.5 Å². The maximum atomic E-state index is 12.6. The lowest BCUT2D eigenvalue weighted by Gasteiger charge is -2.37. The zero-order valence-electron chi connectivity index (χ0n) is 15.0. The lowest BCUT2D eigenvalue weighted by Crippen LogP contribution is -2.54. The van der Waals surface area contributed by atoms with E-state index in [9.17, 15) is 9.59 Å². The third-order valence-electron chi connectivity index (χ3n) is 4.90. The summed E-state index contributed by atoms with van der Waals surface area (Å²) in [5.41, 5.74) is 0.669. The lowest BCUT2D eigenvalue weighted by molar-refractivity contribution is -0.121. The van der Waals surface area contributed by atoms with Crippen LogP contribution in [0.3, 0.4) is 0 Å². The van der Waals surface area contributed by atoms with Crippen LogP contribution in [-0.4, -0.2) is 60.6 Å². The monoisotopic (exact) mass is 371 g/mol. The Kier molecular flexibility index (Phi) is 4.72. The number of rotatable bonds is 4. The summed E-state index contributed by atoms with van der Waals surface area (Å²) in [6.45, 7) is 4.43. The van der Waals surface area contributed by atoms with E-state index in [1.54, 1.807) is 35.2 Å². The Morgan fingerprint density at radius 1 is 1.07 bits per heavy atom. The van der Waals surface area contributed by atoms with E-state index < -0.39 is 0 Å². The normalized spacial score (nSPS) is 17.6. The van der Waals surface area contributed by atoms with Crippen LogP contribution in [0.25, 0.3) is 0 Å². The third kappa shape index (κ3) is 3.61. The fourth-order valence-corrected chi connectivity index (χ4v) is 3.26. The highest BCUT2D eigenvalue weighted by atomic mass is 16.7. The van der Waals surface area contributed by atoms with Crippen LogP contribution in [0.1, 0.15) is 17.5 Å². The van der Waals surface area contributed by atoms with Crippen LogP contribution >= 0.6 is 0 Å². The van der Waals surface area contributed by atoms with Crippen molar-refractivity contribution in [3.63, 3.8) is 0 Å². The average molecular weight is 371 g/mol. The van der Waals surface area contributed by atoms with Crippen molar-refractivity contribution in [2.75, 3.05) is 38.3 Å². The number of carbonyl (C=O) groups is 2. The predicted octanol–water partition coefficient (Wildman–Crippen LogP) is 1.79. The molecule has 0 saturated carbocycles. The Hall–Kier alpha value is -3.00. The fourth-order valence-electron chi connectivity index (χ4n) is 3.26. The molecule has 0 aliphatic carbocycles. The van der Waals surface area contributed by atoms with Gasteiger partial charge in [0.05, 0.1) is 12.3 Å². The second-order valence-corrected chi connectivity index (χ2v) is 6.54. The van der Waals surface area contributed by atoms with E-state index in [0.29, 0.717) is 49.1 Å². The summed E-state index contributed by atoms with van der Waals surface area (Å²) < 4.78 is 15.8. The molecule has 1 saturated heterocycles. The highest BCUT2D eigenvalue weighted by Gasteiger charge is 2.29. The molecule has 1 N–H and O–H groups in total. The smallest absolute Gasteiger partial charge is 0.289 e. The molecule has 1 fully saturated rings. The SMILES string of the molecule is C[C@H](C(=O)Nc1ccc2c(c1)OCO2)N1CCN(C(=O)c2ccco2)CC1. The second kappa shape index (κ2) is 7.32. The molecule has 0 radical (unpaired) electrons. The Bertz CT molecular complexity index is 828. The number of hydrogen-bond acceptors (Lipinski definition) is 6. The van der Waals surface area contributed by atoms with Crippen molar-refractivity contribution < 1.29 is 23.5 Å². The molecule has 2 aliphatic heterocycles. The molecule has 0 spiro atoms. The summed E-state index contributed by atoms with van der Waals surface area (Å²) in [7, 11) is 0. The Morgan fingerprint density at radius 3 is 2.59 bits per heavy atom. The molecule has 3 heterocycles. The quantitative estimate of drug-likeness (QED) is 0.882. The van der Waals surface area contributed by atoms with E-state index >= 15 is 0 Å². The summed E-state index contributed by atoms with van der Waals surface area (Å²) >= 11 is 0. The molecule has 4 rings (SSSR count). The first-order valence-corrected chi connectivity index (χ1v) is 8.89. The highest BCUT2D eigenvalue weighted by molar-refractivity contribution is 5.95. The molecule has 2 amide bonds. The molecule has 1 aromatic carbocycles. The van der Waals surface area contributed by atoms with Crippen LogP contribution < -0.4 is 14.8 Å². The van der Waals surface area contributed by atoms with Crippen LogP contribution in [-0.2, 0) is 4.79 Å². The topological polar surface area (TPSA) is 84.3 Å². The van der Waals surface area contributed by atoms with Crippen molar-refractivity contribution in [1.29, 1.82) is 0 Å². The minimum Gasteiger partial charge on any atom is -0.459 e. The fraction of sp³-hybridized carbons (Fsp3) is 0.368. The van der Waals surface area contributed by atoms with Gasteiger partial charge < -0.3 is 24.1 Å². The molecule has 2 aliphatic rings. The summed E-state index contributed by atoms with van der Waals surface area (Å²) in [5.74, 6) is 1.44. The molecule has 2 aromatic rings. The maximum Gasteiger partial charge on any atom is 0.289 e. The maximum absolute atomic E-state index is 12.6. The molecule has 0 unspecified atom stereocenters. The number of amides is 2. The van der Waals surface area contributed by atoms with E-state index in [1.165, 1.54) is 6.26 Å². The van der Waals surface area contributed by atoms with Crippen molar-refractivity contribution >= 4 is 17.5 Å². The van der Waals surface area contributed by atoms with Gasteiger partial charge in [-0.25, -0.2) is 0 Å². The molecule has 27 heavy (non-hydrogen) atoms. The predicted molar refractivity (Wildman–Crippen MR) is 96.8 cm³/mol. The van der Waals surface area contributed by atoms with Crippen LogP contribution in [0.5, 0.6) is 11.5 Å². The molecule has 1 aromatic heterocycles. The number of ether oxygens (including phenoxy) is 2. The van der Waals surface area contributed by atoms with Gasteiger partial charge in [0.25, 0.3) is 5.91 Å². The van der Waals surface area contributed by atoms with Gasteiger partial charge >= 0.3 is 0 Å². The van der Waals surface area contributed by atoms with Gasteiger partial charge in [-0.15, -0.1) is 0 Å². The van der Waals surface area contributed by atoms with Gasteiger partial charge in [-0.05, 0) is 31.2 Å². The van der Waals surface area contributed by atoms with Crippen LogP contribution in [0.4, 0.5) is 5.69 Å². The van der Waals surface area contributed by atoms with Crippen molar-refractivity contribution in [2.45, 2.75) is 13.0 Å². The van der Waals surface area contributed by atoms with Crippen LogP contribution in [0.15, 0.2) is 41.0 Å². The van der Waals surface area contributed by atoms with Gasteiger partial charge in [0, 0.05) is 37.9 Å². The average Bonchev–Trinajstić information content (AvgIpc) is 3.38. The van der Waals surface area contributed by atoms with Gasteiger partial charge in [-0.3, -0.25) is 14.5 Å². The number of hydrogen-bond donors (Lipinski definition) is 1. The van der Waals surface area contributed by atoms with E-state index in [-0.39, 0.29) is 24.6 Å². The number of nitrogens with zero attached hydrogens (tertiary/aromatic N) is 2. The number of fused-ring (bicyclic) bond motifs is 1. The standard InChI is InChI=1S/C19H21N3O5/c1-13(18(23)20-14-4-5-15-17(11-14)27-12-26-15)21-6-8-22(9-7-21)19(24)16-3-2-10-25-16/h2-5,10-11,13H,6-9,12H2,1H3,(H,20,23)/t13-/m1/s1. The van der Waals surface area contributed by atoms with Gasteiger partial charge in [-0.1, -0.05) is 0 Å². The van der Waals surface area contributed by atoms with E-state index in [0.717, 1.165) is 0 Å². The van der Waals surface area contributed by atoms with E-state index in [4.69, 9.17) is 13.9 Å².